The molecular weight excluding hydrogens is 261 g/mol. The molecule has 0 fully saturated rings. The van der Waals surface area contributed by atoms with E-state index in [9.17, 15) is 18.3 Å². The van der Waals surface area contributed by atoms with Gasteiger partial charge in [0.05, 0.1) is 18.8 Å². The van der Waals surface area contributed by atoms with E-state index >= 15 is 0 Å². The molecule has 0 aliphatic heterocycles. The van der Waals surface area contributed by atoms with Crippen LogP contribution in [0.4, 0.5) is 13.2 Å². The Kier molecular flexibility index (Phi) is 9.68. The second-order valence-electron chi connectivity index (χ2n) is 5.77. The predicted molar refractivity (Wildman–Crippen MR) is 68.9 cm³/mol. The summed E-state index contributed by atoms with van der Waals surface area (Å²) in [5.41, 5.74) is -1.93. The largest absolute Gasteiger partial charge is 0.411 e. The summed E-state index contributed by atoms with van der Waals surface area (Å²) in [5, 5.41) is 18.7. The number of aliphatic hydroxyl groups excluding tert-OH is 1. The fourth-order valence-corrected chi connectivity index (χ4v) is 1.61. The number of rotatable bonds is 6. The van der Waals surface area contributed by atoms with Gasteiger partial charge in [0, 0.05) is 5.41 Å². The molecule has 6 heteroatoms. The molecule has 0 aliphatic rings. The average molecular weight is 288 g/mol. The maximum atomic E-state index is 11.8. The minimum Gasteiger partial charge on any atom is -0.396 e. The molecule has 0 amide bonds. The lowest BCUT2D eigenvalue weighted by molar-refractivity contribution is -0.184. The number of hydrogen-bond donors (Lipinski definition) is 2. The molecular formula is C13H27F3O3. The van der Waals surface area contributed by atoms with E-state index in [2.05, 4.69) is 18.6 Å². The minimum absolute atomic E-state index is 0.161. The lowest BCUT2D eigenvalue weighted by Crippen LogP contribution is -2.37. The van der Waals surface area contributed by atoms with E-state index < -0.39 is 23.8 Å². The van der Waals surface area contributed by atoms with Gasteiger partial charge in [0.2, 0.25) is 0 Å². The third kappa shape index (κ3) is 15.6. The molecule has 0 spiro atoms. The van der Waals surface area contributed by atoms with Gasteiger partial charge < -0.3 is 14.9 Å². The topological polar surface area (TPSA) is 49.7 Å². The maximum absolute atomic E-state index is 11.8. The van der Waals surface area contributed by atoms with Crippen LogP contribution in [0.3, 0.4) is 0 Å². The maximum Gasteiger partial charge on any atom is 0.411 e. The number of hydrogen-bond acceptors (Lipinski definition) is 3. The highest BCUT2D eigenvalue weighted by Crippen LogP contribution is 2.29. The lowest BCUT2D eigenvalue weighted by Gasteiger charge is -2.33. The summed E-state index contributed by atoms with van der Waals surface area (Å²) in [6, 6.07) is 0. The fraction of sp³-hybridized carbons (Fsp3) is 1.00. The van der Waals surface area contributed by atoms with Gasteiger partial charge in [0.15, 0.2) is 0 Å². The van der Waals surface area contributed by atoms with Crippen molar-refractivity contribution in [2.75, 3.05) is 19.8 Å². The van der Waals surface area contributed by atoms with Crippen molar-refractivity contribution in [2.24, 2.45) is 5.41 Å². The van der Waals surface area contributed by atoms with Crippen LogP contribution in [0.1, 0.15) is 47.5 Å². The van der Waals surface area contributed by atoms with Crippen molar-refractivity contribution in [3.8, 4) is 0 Å². The third-order valence-electron chi connectivity index (χ3n) is 1.96. The molecule has 0 aliphatic carbocycles. The molecule has 0 heterocycles. The number of alkyl halides is 3. The Morgan fingerprint density at radius 2 is 1.42 bits per heavy atom. The van der Waals surface area contributed by atoms with E-state index in [1.807, 2.05) is 0 Å². The van der Waals surface area contributed by atoms with Crippen molar-refractivity contribution in [1.82, 2.24) is 0 Å². The summed E-state index contributed by atoms with van der Waals surface area (Å²) in [6.07, 6.45) is -2.96. The SMILES string of the molecule is CC(C)(O)CC(C)(CO)COCC(F)(F)F.CCC. The van der Waals surface area contributed by atoms with Crippen LogP contribution in [0.5, 0.6) is 0 Å². The molecule has 1 unspecified atom stereocenters. The number of halogens is 3. The van der Waals surface area contributed by atoms with Crippen LogP contribution in [0.15, 0.2) is 0 Å². The second-order valence-corrected chi connectivity index (χ2v) is 5.77. The zero-order valence-corrected chi connectivity index (χ0v) is 12.5. The van der Waals surface area contributed by atoms with Crippen LogP contribution in [-0.4, -0.2) is 41.8 Å². The van der Waals surface area contributed by atoms with E-state index in [0.29, 0.717) is 0 Å². The molecule has 0 aromatic rings. The first kappa shape index (κ1) is 21.0. The van der Waals surface area contributed by atoms with Crippen molar-refractivity contribution < 1.29 is 28.1 Å². The molecule has 0 saturated heterocycles. The molecule has 0 rings (SSSR count). The second kappa shape index (κ2) is 8.76. The summed E-state index contributed by atoms with van der Waals surface area (Å²) < 4.78 is 40.0. The van der Waals surface area contributed by atoms with Crippen LogP contribution in [0, 0.1) is 5.41 Å². The Labute approximate surface area is 113 Å². The average Bonchev–Trinajstić information content (AvgIpc) is 2.14. The Hall–Kier alpha value is -0.330. The lowest BCUT2D eigenvalue weighted by atomic mass is 9.81. The van der Waals surface area contributed by atoms with Crippen LogP contribution in [0.25, 0.3) is 0 Å². The third-order valence-corrected chi connectivity index (χ3v) is 1.96. The molecule has 2 N–H and O–H groups in total. The van der Waals surface area contributed by atoms with E-state index in [1.54, 1.807) is 6.92 Å². The summed E-state index contributed by atoms with van der Waals surface area (Å²) >= 11 is 0. The quantitative estimate of drug-likeness (QED) is 0.789. The van der Waals surface area contributed by atoms with Gasteiger partial charge in [0.1, 0.15) is 6.61 Å². The van der Waals surface area contributed by atoms with Gasteiger partial charge in [-0.2, -0.15) is 13.2 Å². The molecule has 3 nitrogen and oxygen atoms in total. The Morgan fingerprint density at radius 3 is 1.68 bits per heavy atom. The highest BCUT2D eigenvalue weighted by atomic mass is 19.4. The summed E-state index contributed by atoms with van der Waals surface area (Å²) in [5.74, 6) is 0. The zero-order chi connectivity index (χ0) is 15.7. The molecule has 19 heavy (non-hydrogen) atoms. The van der Waals surface area contributed by atoms with Crippen LogP contribution < -0.4 is 0 Å². The van der Waals surface area contributed by atoms with E-state index in [1.165, 1.54) is 20.3 Å². The summed E-state index contributed by atoms with van der Waals surface area (Å²) in [4.78, 5) is 0. The van der Waals surface area contributed by atoms with Crippen molar-refractivity contribution >= 4 is 0 Å². The van der Waals surface area contributed by atoms with Gasteiger partial charge in [-0.1, -0.05) is 27.2 Å². The van der Waals surface area contributed by atoms with Gasteiger partial charge in [-0.05, 0) is 20.3 Å². The molecule has 0 aromatic heterocycles. The van der Waals surface area contributed by atoms with Crippen molar-refractivity contribution in [3.05, 3.63) is 0 Å². The molecule has 1 atom stereocenters. The van der Waals surface area contributed by atoms with Crippen LogP contribution >= 0.6 is 0 Å². The van der Waals surface area contributed by atoms with E-state index in [4.69, 9.17) is 5.11 Å². The fourth-order valence-electron chi connectivity index (χ4n) is 1.61. The first-order valence-corrected chi connectivity index (χ1v) is 6.37. The standard InChI is InChI=1S/C10H19F3O3.C3H8/c1-8(2,15)4-9(3,5-14)6-16-7-10(11,12)13;1-3-2/h14-15H,4-7H2,1-3H3;3H2,1-2H3. The van der Waals surface area contributed by atoms with Crippen LogP contribution in [0.2, 0.25) is 0 Å². The Bertz CT molecular complexity index is 224. The van der Waals surface area contributed by atoms with Gasteiger partial charge in [-0.15, -0.1) is 0 Å². The first-order chi connectivity index (χ1) is 8.39. The molecule has 0 saturated carbocycles. The molecule has 118 valence electrons. The van der Waals surface area contributed by atoms with Crippen LogP contribution in [-0.2, 0) is 4.74 Å². The zero-order valence-electron chi connectivity index (χ0n) is 12.5. The summed E-state index contributed by atoms with van der Waals surface area (Å²) in [6.45, 7) is 6.97. The highest BCUT2D eigenvalue weighted by Gasteiger charge is 2.33. The van der Waals surface area contributed by atoms with Crippen molar-refractivity contribution in [1.29, 1.82) is 0 Å². The van der Waals surface area contributed by atoms with Gasteiger partial charge in [0.25, 0.3) is 0 Å². The smallest absolute Gasteiger partial charge is 0.396 e. The number of aliphatic hydroxyl groups is 2. The van der Waals surface area contributed by atoms with E-state index in [0.717, 1.165) is 0 Å². The normalized spacial score (nSPS) is 15.5. The number of ether oxygens (including phenoxy) is 1. The Morgan fingerprint density at radius 1 is 1.00 bits per heavy atom. The van der Waals surface area contributed by atoms with Gasteiger partial charge >= 0.3 is 6.18 Å². The molecule has 0 bridgehead atoms. The molecule has 0 aromatic carbocycles. The summed E-state index contributed by atoms with van der Waals surface area (Å²) in [7, 11) is 0. The highest BCUT2D eigenvalue weighted by molar-refractivity contribution is 4.81. The van der Waals surface area contributed by atoms with Gasteiger partial charge in [-0.25, -0.2) is 0 Å². The Balaban J connectivity index is 0. The minimum atomic E-state index is -4.37. The van der Waals surface area contributed by atoms with Crippen molar-refractivity contribution in [3.63, 3.8) is 0 Å². The monoisotopic (exact) mass is 288 g/mol. The first-order valence-electron chi connectivity index (χ1n) is 6.37. The van der Waals surface area contributed by atoms with Gasteiger partial charge in [-0.3, -0.25) is 0 Å². The van der Waals surface area contributed by atoms with Crippen molar-refractivity contribution in [2.45, 2.75) is 59.2 Å². The van der Waals surface area contributed by atoms with E-state index in [-0.39, 0.29) is 19.6 Å². The molecule has 0 radical (unpaired) electrons. The predicted octanol–water partition coefficient (Wildman–Crippen LogP) is 3.14.